The van der Waals surface area contributed by atoms with Crippen LogP contribution in [0.3, 0.4) is 0 Å². The number of benzene rings is 1. The second kappa shape index (κ2) is 5.91. The summed E-state index contributed by atoms with van der Waals surface area (Å²) < 4.78 is 1.67. The second-order valence-electron chi connectivity index (χ2n) is 5.00. The normalized spacial score (nSPS) is 10.9. The fraction of sp³-hybridized carbons (Fsp3) is 0.438. The van der Waals surface area contributed by atoms with E-state index in [0.29, 0.717) is 5.88 Å². The van der Waals surface area contributed by atoms with Gasteiger partial charge >= 0.3 is 0 Å². The van der Waals surface area contributed by atoms with Gasteiger partial charge in [0.2, 0.25) is 5.88 Å². The van der Waals surface area contributed by atoms with Crippen molar-refractivity contribution < 1.29 is 5.11 Å². The predicted molar refractivity (Wildman–Crippen MR) is 78.0 cm³/mol. The lowest BCUT2D eigenvalue weighted by Gasteiger charge is -2.04. The van der Waals surface area contributed by atoms with E-state index in [4.69, 9.17) is 0 Å². The zero-order chi connectivity index (χ0) is 13.8. The molecule has 0 aliphatic carbocycles. The molecule has 0 aliphatic heterocycles. The van der Waals surface area contributed by atoms with E-state index in [2.05, 4.69) is 18.9 Å². The SMILES string of the molecule is CCCc1nn(-c2cccc(C)c2)c(O)c1CCC. The number of aryl methyl sites for hydroxylation is 2. The van der Waals surface area contributed by atoms with Crippen molar-refractivity contribution in [3.8, 4) is 11.6 Å². The third-order valence-corrected chi connectivity index (χ3v) is 3.27. The van der Waals surface area contributed by atoms with Crippen LogP contribution < -0.4 is 0 Å². The van der Waals surface area contributed by atoms with Crippen LogP contribution in [-0.4, -0.2) is 14.9 Å². The Hall–Kier alpha value is -1.77. The van der Waals surface area contributed by atoms with E-state index in [-0.39, 0.29) is 0 Å². The van der Waals surface area contributed by atoms with E-state index < -0.39 is 0 Å². The quantitative estimate of drug-likeness (QED) is 0.886. The fourth-order valence-electron chi connectivity index (χ4n) is 2.37. The van der Waals surface area contributed by atoms with Crippen molar-refractivity contribution in [2.45, 2.75) is 46.5 Å². The average Bonchev–Trinajstić information content (AvgIpc) is 2.69. The third kappa shape index (κ3) is 2.80. The molecule has 3 heteroatoms. The fourth-order valence-corrected chi connectivity index (χ4v) is 2.37. The van der Waals surface area contributed by atoms with E-state index in [0.717, 1.165) is 42.6 Å². The van der Waals surface area contributed by atoms with Crippen LogP contribution in [0.1, 0.15) is 43.5 Å². The topological polar surface area (TPSA) is 38.0 Å². The first kappa shape index (κ1) is 13.7. The molecular weight excluding hydrogens is 236 g/mol. The van der Waals surface area contributed by atoms with Crippen LogP contribution >= 0.6 is 0 Å². The van der Waals surface area contributed by atoms with Crippen molar-refractivity contribution in [3.63, 3.8) is 0 Å². The number of nitrogens with zero attached hydrogens (tertiary/aromatic N) is 2. The molecule has 19 heavy (non-hydrogen) atoms. The first-order valence-electron chi connectivity index (χ1n) is 7.04. The van der Waals surface area contributed by atoms with E-state index in [9.17, 15) is 5.11 Å². The van der Waals surface area contributed by atoms with Gasteiger partial charge in [0.1, 0.15) is 0 Å². The largest absolute Gasteiger partial charge is 0.493 e. The molecule has 2 rings (SSSR count). The van der Waals surface area contributed by atoms with Gasteiger partial charge in [-0.15, -0.1) is 0 Å². The summed E-state index contributed by atoms with van der Waals surface area (Å²) in [5, 5.41) is 15.0. The summed E-state index contributed by atoms with van der Waals surface area (Å²) in [7, 11) is 0. The van der Waals surface area contributed by atoms with Crippen molar-refractivity contribution in [1.82, 2.24) is 9.78 Å². The second-order valence-corrected chi connectivity index (χ2v) is 5.00. The van der Waals surface area contributed by atoms with Crippen molar-refractivity contribution in [2.24, 2.45) is 0 Å². The lowest BCUT2D eigenvalue weighted by molar-refractivity contribution is 0.427. The summed E-state index contributed by atoms with van der Waals surface area (Å²) in [5.74, 6) is 0.302. The molecule has 0 aliphatic rings. The molecule has 0 saturated heterocycles. The molecule has 102 valence electrons. The van der Waals surface area contributed by atoms with Crippen LogP contribution in [0, 0.1) is 6.92 Å². The van der Waals surface area contributed by atoms with Crippen LogP contribution in [0.4, 0.5) is 0 Å². The summed E-state index contributed by atoms with van der Waals surface area (Å²) in [6.45, 7) is 6.31. The van der Waals surface area contributed by atoms with Crippen LogP contribution in [0.25, 0.3) is 5.69 Å². The molecule has 2 aromatic rings. The Kier molecular flexibility index (Phi) is 4.25. The monoisotopic (exact) mass is 258 g/mol. The molecule has 0 radical (unpaired) electrons. The van der Waals surface area contributed by atoms with Crippen LogP contribution in [0.5, 0.6) is 5.88 Å². The molecule has 0 bridgehead atoms. The highest BCUT2D eigenvalue weighted by molar-refractivity contribution is 5.42. The minimum absolute atomic E-state index is 0.302. The Balaban J connectivity index is 2.49. The molecule has 1 aromatic carbocycles. The van der Waals surface area contributed by atoms with Crippen LogP contribution in [-0.2, 0) is 12.8 Å². The smallest absolute Gasteiger partial charge is 0.217 e. The number of hydrogen-bond acceptors (Lipinski definition) is 2. The average molecular weight is 258 g/mol. The summed E-state index contributed by atoms with van der Waals surface area (Å²) >= 11 is 0. The summed E-state index contributed by atoms with van der Waals surface area (Å²) in [5.41, 5.74) is 4.13. The lowest BCUT2D eigenvalue weighted by atomic mass is 10.1. The molecule has 1 heterocycles. The number of aromatic nitrogens is 2. The van der Waals surface area contributed by atoms with E-state index >= 15 is 0 Å². The Labute approximate surface area is 114 Å². The van der Waals surface area contributed by atoms with Gasteiger partial charge in [0.25, 0.3) is 0 Å². The lowest BCUT2D eigenvalue weighted by Crippen LogP contribution is -1.97. The minimum atomic E-state index is 0.302. The molecule has 0 saturated carbocycles. The zero-order valence-corrected chi connectivity index (χ0v) is 12.0. The van der Waals surface area contributed by atoms with Gasteiger partial charge in [-0.25, -0.2) is 4.68 Å². The number of aromatic hydroxyl groups is 1. The number of hydrogen-bond donors (Lipinski definition) is 1. The van der Waals surface area contributed by atoms with Crippen molar-refractivity contribution in [2.75, 3.05) is 0 Å². The summed E-state index contributed by atoms with van der Waals surface area (Å²) in [4.78, 5) is 0. The highest BCUT2D eigenvalue weighted by Gasteiger charge is 2.16. The molecule has 0 atom stereocenters. The summed E-state index contributed by atoms with van der Waals surface area (Å²) in [6.07, 6.45) is 3.86. The zero-order valence-electron chi connectivity index (χ0n) is 12.0. The Bertz CT molecular complexity index is 558. The standard InChI is InChI=1S/C16H22N2O/c1-4-7-14-15(8-5-2)17-18(16(14)19)13-10-6-9-12(3)11-13/h6,9-11,19H,4-5,7-8H2,1-3H3. The molecular formula is C16H22N2O. The maximum atomic E-state index is 10.4. The van der Waals surface area contributed by atoms with Gasteiger partial charge in [-0.3, -0.25) is 0 Å². The molecule has 0 fully saturated rings. The Morgan fingerprint density at radius 1 is 1.16 bits per heavy atom. The first-order chi connectivity index (χ1) is 9.17. The molecule has 3 nitrogen and oxygen atoms in total. The Morgan fingerprint density at radius 3 is 2.53 bits per heavy atom. The van der Waals surface area contributed by atoms with E-state index in [1.165, 1.54) is 5.56 Å². The maximum absolute atomic E-state index is 10.4. The molecule has 0 spiro atoms. The van der Waals surface area contributed by atoms with Gasteiger partial charge in [0.15, 0.2) is 0 Å². The minimum Gasteiger partial charge on any atom is -0.493 e. The van der Waals surface area contributed by atoms with Gasteiger partial charge in [0.05, 0.1) is 11.4 Å². The molecule has 1 N–H and O–H groups in total. The van der Waals surface area contributed by atoms with E-state index in [1.807, 2.05) is 31.2 Å². The molecule has 0 amide bonds. The van der Waals surface area contributed by atoms with Gasteiger partial charge in [0, 0.05) is 5.56 Å². The van der Waals surface area contributed by atoms with Gasteiger partial charge in [-0.1, -0.05) is 38.8 Å². The van der Waals surface area contributed by atoms with Crippen molar-refractivity contribution in [3.05, 3.63) is 41.1 Å². The van der Waals surface area contributed by atoms with Gasteiger partial charge < -0.3 is 5.11 Å². The van der Waals surface area contributed by atoms with Gasteiger partial charge in [-0.2, -0.15) is 5.10 Å². The highest BCUT2D eigenvalue weighted by Crippen LogP contribution is 2.27. The van der Waals surface area contributed by atoms with Gasteiger partial charge in [-0.05, 0) is 37.5 Å². The maximum Gasteiger partial charge on any atom is 0.217 e. The summed E-state index contributed by atoms with van der Waals surface area (Å²) in [6, 6.07) is 8.05. The highest BCUT2D eigenvalue weighted by atomic mass is 16.3. The predicted octanol–water partition coefficient (Wildman–Crippen LogP) is 3.79. The van der Waals surface area contributed by atoms with Crippen molar-refractivity contribution >= 4 is 0 Å². The number of rotatable bonds is 5. The third-order valence-electron chi connectivity index (χ3n) is 3.27. The molecule has 0 unspecified atom stereocenters. The molecule has 1 aromatic heterocycles. The first-order valence-corrected chi connectivity index (χ1v) is 7.04. The Morgan fingerprint density at radius 2 is 1.89 bits per heavy atom. The van der Waals surface area contributed by atoms with Crippen molar-refractivity contribution in [1.29, 1.82) is 0 Å². The van der Waals surface area contributed by atoms with Crippen LogP contribution in [0.15, 0.2) is 24.3 Å². The van der Waals surface area contributed by atoms with E-state index in [1.54, 1.807) is 4.68 Å². The van der Waals surface area contributed by atoms with Crippen LogP contribution in [0.2, 0.25) is 0 Å².